The number of hydrogen-bond acceptors (Lipinski definition) is 3. The van der Waals surface area contributed by atoms with Crippen molar-refractivity contribution in [1.82, 2.24) is 0 Å². The minimum Gasteiger partial charge on any atom is -0.415 e. The van der Waals surface area contributed by atoms with Crippen molar-refractivity contribution >= 4 is 22.5 Å². The molecule has 1 fully saturated rings. The quantitative estimate of drug-likeness (QED) is 0.619. The maximum absolute atomic E-state index is 7.19. The third kappa shape index (κ3) is 3.07. The van der Waals surface area contributed by atoms with Gasteiger partial charge >= 0.3 is 0 Å². The Morgan fingerprint density at radius 1 is 0.769 bits per heavy atom. The van der Waals surface area contributed by atoms with Crippen LogP contribution in [0.1, 0.15) is 62.3 Å². The summed E-state index contributed by atoms with van der Waals surface area (Å²) in [5, 5.41) is 0.125. The summed E-state index contributed by atoms with van der Waals surface area (Å²) in [6, 6.07) is 1.15. The van der Waals surface area contributed by atoms with E-state index in [1.165, 1.54) is 0 Å². The highest BCUT2D eigenvalue weighted by Crippen LogP contribution is 2.61. The van der Waals surface area contributed by atoms with Gasteiger partial charge in [-0.3, -0.25) is 0 Å². The lowest BCUT2D eigenvalue weighted by atomic mass is 9.65. The second-order valence-corrected chi connectivity index (χ2v) is 39.3. The smallest absolute Gasteiger partial charge is 0.172 e. The van der Waals surface area contributed by atoms with Crippen molar-refractivity contribution in [2.75, 3.05) is 0 Å². The first kappa shape index (κ1) is 24.6. The fourth-order valence-corrected chi connectivity index (χ4v) is 43.4. The average Bonchev–Trinajstić information content (AvgIpc) is 2.32. The first-order valence-corrected chi connectivity index (χ1v) is 20.8. The van der Waals surface area contributed by atoms with Crippen LogP contribution in [0.5, 0.6) is 0 Å². The van der Waals surface area contributed by atoms with Gasteiger partial charge in [-0.2, -0.15) is 0 Å². The standard InChI is InChI=1S/C20H48N2OSi3/c1-16(2,17(3,4)21)20(9)15-26(14,19(7,8)18(5,6)22)25(12,13)24(10,11)23-20/h15,21-22H2,1-14H3. The first-order chi connectivity index (χ1) is 10.9. The summed E-state index contributed by atoms with van der Waals surface area (Å²) in [7, 11) is -5.28. The van der Waals surface area contributed by atoms with Crippen molar-refractivity contribution in [3.05, 3.63) is 0 Å². The Morgan fingerprint density at radius 2 is 1.15 bits per heavy atom. The fourth-order valence-electron chi connectivity index (χ4n) is 5.03. The van der Waals surface area contributed by atoms with Gasteiger partial charge in [0.15, 0.2) is 7.83 Å². The molecule has 0 spiro atoms. The van der Waals surface area contributed by atoms with Gasteiger partial charge in [0.25, 0.3) is 0 Å². The summed E-state index contributed by atoms with van der Waals surface area (Å²) in [6.07, 6.45) is 0. The van der Waals surface area contributed by atoms with Gasteiger partial charge in [0.05, 0.1) is 20.3 Å². The molecule has 0 radical (unpaired) electrons. The average molecular weight is 417 g/mol. The maximum atomic E-state index is 7.19. The molecule has 0 aromatic rings. The molecule has 1 aliphatic rings. The van der Waals surface area contributed by atoms with E-state index < -0.39 is 22.5 Å². The monoisotopic (exact) mass is 416 g/mol. The zero-order valence-electron chi connectivity index (χ0n) is 20.3. The maximum Gasteiger partial charge on any atom is 0.172 e. The van der Waals surface area contributed by atoms with Gasteiger partial charge < -0.3 is 15.9 Å². The van der Waals surface area contributed by atoms with Crippen LogP contribution in [0.4, 0.5) is 0 Å². The zero-order valence-corrected chi connectivity index (χ0v) is 23.3. The van der Waals surface area contributed by atoms with Crippen LogP contribution in [0.3, 0.4) is 0 Å². The van der Waals surface area contributed by atoms with Crippen molar-refractivity contribution in [2.45, 2.75) is 123 Å². The van der Waals surface area contributed by atoms with Gasteiger partial charge in [-0.25, -0.2) is 0 Å². The summed E-state index contributed by atoms with van der Waals surface area (Å²) >= 11 is 0. The highest BCUT2D eigenvalue weighted by atomic mass is 29.6. The Morgan fingerprint density at radius 3 is 1.46 bits per heavy atom. The lowest BCUT2D eigenvalue weighted by molar-refractivity contribution is -0.0564. The van der Waals surface area contributed by atoms with Crippen LogP contribution in [-0.2, 0) is 4.43 Å². The highest BCUT2D eigenvalue weighted by Gasteiger charge is 2.72. The topological polar surface area (TPSA) is 61.3 Å². The molecule has 3 nitrogen and oxygen atoms in total. The van der Waals surface area contributed by atoms with Crippen LogP contribution in [0.25, 0.3) is 0 Å². The van der Waals surface area contributed by atoms with Gasteiger partial charge in [-0.05, 0) is 58.8 Å². The van der Waals surface area contributed by atoms with E-state index in [2.05, 4.69) is 95.0 Å². The largest absolute Gasteiger partial charge is 0.415 e. The molecule has 1 aliphatic heterocycles. The molecule has 0 saturated carbocycles. The number of nitrogens with two attached hydrogens (primary N) is 2. The van der Waals surface area contributed by atoms with Gasteiger partial charge in [-0.1, -0.05) is 47.3 Å². The van der Waals surface area contributed by atoms with Crippen LogP contribution in [-0.4, -0.2) is 39.2 Å². The Kier molecular flexibility index (Phi) is 5.69. The molecular formula is C20H48N2OSi3. The van der Waals surface area contributed by atoms with Crippen molar-refractivity contribution in [3.63, 3.8) is 0 Å². The molecule has 0 bridgehead atoms. The molecule has 1 heterocycles. The Labute approximate surface area is 166 Å². The summed E-state index contributed by atoms with van der Waals surface area (Å²) in [4.78, 5) is 0. The second kappa shape index (κ2) is 6.02. The molecule has 0 aliphatic carbocycles. The summed E-state index contributed by atoms with van der Waals surface area (Å²) in [5.74, 6) is 0. The van der Waals surface area contributed by atoms with Crippen LogP contribution in [0.15, 0.2) is 0 Å². The normalized spacial score (nSPS) is 33.2. The lowest BCUT2D eigenvalue weighted by Crippen LogP contribution is -2.85. The second-order valence-electron chi connectivity index (χ2n) is 12.7. The van der Waals surface area contributed by atoms with Crippen LogP contribution in [0.2, 0.25) is 43.8 Å². The van der Waals surface area contributed by atoms with Crippen LogP contribution >= 0.6 is 0 Å². The highest BCUT2D eigenvalue weighted by molar-refractivity contribution is 7.68. The van der Waals surface area contributed by atoms with E-state index in [0.29, 0.717) is 0 Å². The molecule has 2 unspecified atom stereocenters. The van der Waals surface area contributed by atoms with E-state index in [0.717, 1.165) is 6.04 Å². The van der Waals surface area contributed by atoms with E-state index in [1.807, 2.05) is 0 Å². The zero-order chi connectivity index (χ0) is 21.4. The Bertz CT molecular complexity index is 548. The van der Waals surface area contributed by atoms with Gasteiger partial charge in [0.2, 0.25) is 0 Å². The molecule has 1 rings (SSSR count). The third-order valence-corrected chi connectivity index (χ3v) is 51.9. The Hall–Kier alpha value is 0.531. The lowest BCUT2D eigenvalue weighted by Gasteiger charge is -2.70. The van der Waals surface area contributed by atoms with Gasteiger partial charge in [0.1, 0.15) is 0 Å². The van der Waals surface area contributed by atoms with E-state index in [-0.39, 0.29) is 27.1 Å². The van der Waals surface area contributed by atoms with Crippen molar-refractivity contribution < 1.29 is 4.43 Å². The van der Waals surface area contributed by atoms with E-state index in [4.69, 9.17) is 15.9 Å². The molecule has 26 heavy (non-hydrogen) atoms. The van der Waals surface area contributed by atoms with Crippen LogP contribution < -0.4 is 11.5 Å². The predicted molar refractivity (Wildman–Crippen MR) is 125 cm³/mol. The van der Waals surface area contributed by atoms with Crippen molar-refractivity contribution in [2.24, 2.45) is 16.9 Å². The molecule has 0 aromatic heterocycles. The number of hydrogen-bond donors (Lipinski definition) is 2. The van der Waals surface area contributed by atoms with Gasteiger partial charge in [-0.15, -0.1) is 0 Å². The fraction of sp³-hybridized carbons (Fsp3) is 1.00. The summed E-state index contributed by atoms with van der Waals surface area (Å²) in [5.41, 5.74) is 12.7. The van der Waals surface area contributed by atoms with Gasteiger partial charge in [0, 0.05) is 16.5 Å². The predicted octanol–water partition coefficient (Wildman–Crippen LogP) is 5.21. The molecule has 4 N–H and O–H groups in total. The molecule has 0 aromatic carbocycles. The molecule has 0 amide bonds. The Balaban J connectivity index is 3.77. The third-order valence-electron chi connectivity index (χ3n) is 9.98. The molecule has 1 saturated heterocycles. The summed E-state index contributed by atoms with van der Waals surface area (Å²) < 4.78 is 7.19. The SMILES string of the molecule is CC(C)(N)C(C)(C)C1(C)C[Si](C)(C(C)(C)C(C)(C)N)[Si](C)(C)[Si](C)(C)O1. The molecular weight excluding hydrogens is 368 g/mol. The van der Waals surface area contributed by atoms with E-state index in [1.54, 1.807) is 0 Å². The van der Waals surface area contributed by atoms with Crippen molar-refractivity contribution in [1.29, 1.82) is 0 Å². The number of rotatable bonds is 4. The molecule has 6 heteroatoms. The minimum atomic E-state index is -1.88. The molecule has 2 atom stereocenters. The van der Waals surface area contributed by atoms with Crippen LogP contribution in [0, 0.1) is 5.41 Å². The van der Waals surface area contributed by atoms with Crippen molar-refractivity contribution in [3.8, 4) is 0 Å². The first-order valence-electron chi connectivity index (χ1n) is 10.2. The minimum absolute atomic E-state index is 0.125. The molecule has 156 valence electrons. The summed E-state index contributed by atoms with van der Waals surface area (Å²) in [6.45, 7) is 33.5. The van der Waals surface area contributed by atoms with E-state index in [9.17, 15) is 0 Å². The van der Waals surface area contributed by atoms with E-state index >= 15 is 0 Å².